The van der Waals surface area contributed by atoms with E-state index in [9.17, 15) is 13.2 Å². The molecule has 0 unspecified atom stereocenters. The first-order valence-corrected chi connectivity index (χ1v) is 9.72. The molecule has 0 aliphatic heterocycles. The number of likely N-dealkylation sites (N-methyl/N-ethyl adjacent to an activating group) is 1. The van der Waals surface area contributed by atoms with Crippen LogP contribution in [0.1, 0.15) is 15.9 Å². The lowest BCUT2D eigenvalue weighted by atomic mass is 10.1. The van der Waals surface area contributed by atoms with Crippen molar-refractivity contribution in [1.29, 1.82) is 0 Å². The normalized spacial score (nSPS) is 11.1. The van der Waals surface area contributed by atoms with Crippen molar-refractivity contribution in [2.75, 3.05) is 31.3 Å². The van der Waals surface area contributed by atoms with Gasteiger partial charge in [0.2, 0.25) is 0 Å². The summed E-state index contributed by atoms with van der Waals surface area (Å²) in [7, 11) is -1.09. The van der Waals surface area contributed by atoms with Gasteiger partial charge in [0.15, 0.2) is 9.84 Å². The van der Waals surface area contributed by atoms with Crippen molar-refractivity contribution in [2.24, 2.45) is 0 Å². The molecule has 0 saturated heterocycles. The van der Waals surface area contributed by atoms with Gasteiger partial charge in [-0.1, -0.05) is 30.3 Å². The molecule has 128 valence electrons. The second-order valence-electron chi connectivity index (χ2n) is 5.78. The van der Waals surface area contributed by atoms with Gasteiger partial charge in [-0.3, -0.25) is 4.79 Å². The number of para-hydroxylation sites is 1. The summed E-state index contributed by atoms with van der Waals surface area (Å²) < 4.78 is 22.5. The molecule has 1 N–H and O–H groups in total. The molecular formula is C18H22N2O3S. The molecule has 5 nitrogen and oxygen atoms in total. The molecule has 1 amide bonds. The molecule has 0 spiro atoms. The maximum atomic E-state index is 12.1. The lowest BCUT2D eigenvalue weighted by molar-refractivity contribution is 0.0954. The predicted octanol–water partition coefficient (Wildman–Crippen LogP) is 2.10. The Hall–Kier alpha value is -2.34. The number of hydrogen-bond acceptors (Lipinski definition) is 4. The van der Waals surface area contributed by atoms with E-state index >= 15 is 0 Å². The molecule has 0 aliphatic rings. The van der Waals surface area contributed by atoms with Crippen molar-refractivity contribution in [3.05, 3.63) is 65.7 Å². The van der Waals surface area contributed by atoms with Crippen molar-refractivity contribution >= 4 is 21.4 Å². The van der Waals surface area contributed by atoms with Crippen LogP contribution in [0.3, 0.4) is 0 Å². The van der Waals surface area contributed by atoms with Crippen molar-refractivity contribution in [3.63, 3.8) is 0 Å². The van der Waals surface area contributed by atoms with Crippen LogP contribution in [0.25, 0.3) is 0 Å². The molecule has 0 fully saturated rings. The number of hydrogen-bond donors (Lipinski definition) is 1. The van der Waals surface area contributed by atoms with Gasteiger partial charge in [0, 0.05) is 37.6 Å². The zero-order valence-corrected chi connectivity index (χ0v) is 14.7. The SMILES string of the molecule is CN(CCNC(=O)c1ccc(CS(C)(=O)=O)cc1)c1ccccc1. The molecule has 6 heteroatoms. The zero-order valence-electron chi connectivity index (χ0n) is 13.9. The standard InChI is InChI=1S/C18H22N2O3S/c1-20(17-6-4-3-5-7-17)13-12-19-18(21)16-10-8-15(9-11-16)14-24(2,22)23/h3-11H,12-14H2,1-2H3,(H,19,21). The van der Waals surface area contributed by atoms with Crippen LogP contribution < -0.4 is 10.2 Å². The molecule has 0 heterocycles. The minimum atomic E-state index is -3.07. The third-order valence-electron chi connectivity index (χ3n) is 3.57. The summed E-state index contributed by atoms with van der Waals surface area (Å²) in [5.74, 6) is -0.182. The molecule has 0 radical (unpaired) electrons. The lowest BCUT2D eigenvalue weighted by Gasteiger charge is -2.19. The van der Waals surface area contributed by atoms with E-state index in [-0.39, 0.29) is 11.7 Å². The monoisotopic (exact) mass is 346 g/mol. The predicted molar refractivity (Wildman–Crippen MR) is 97.0 cm³/mol. The fraction of sp³-hybridized carbons (Fsp3) is 0.278. The Labute approximate surface area is 143 Å². The highest BCUT2D eigenvalue weighted by molar-refractivity contribution is 7.89. The van der Waals surface area contributed by atoms with Crippen LogP contribution in [0.15, 0.2) is 54.6 Å². The van der Waals surface area contributed by atoms with Crippen molar-refractivity contribution < 1.29 is 13.2 Å². The number of benzene rings is 2. The van der Waals surface area contributed by atoms with Crippen LogP contribution in [-0.4, -0.2) is 40.7 Å². The maximum absolute atomic E-state index is 12.1. The molecule has 2 aromatic carbocycles. The second-order valence-corrected chi connectivity index (χ2v) is 7.92. The first-order valence-electron chi connectivity index (χ1n) is 7.66. The Kier molecular flexibility index (Phi) is 5.98. The maximum Gasteiger partial charge on any atom is 0.251 e. The molecule has 0 atom stereocenters. The topological polar surface area (TPSA) is 66.5 Å². The van der Waals surface area contributed by atoms with Crippen LogP contribution in [-0.2, 0) is 15.6 Å². The summed E-state index contributed by atoms with van der Waals surface area (Å²) in [5.41, 5.74) is 2.30. The molecule has 0 aliphatic carbocycles. The van der Waals surface area contributed by atoms with Crippen LogP contribution in [0.2, 0.25) is 0 Å². The van der Waals surface area contributed by atoms with E-state index in [2.05, 4.69) is 10.2 Å². The zero-order chi connectivity index (χ0) is 17.6. The van der Waals surface area contributed by atoms with Gasteiger partial charge in [-0.25, -0.2) is 8.42 Å². The Morgan fingerprint density at radius 3 is 2.25 bits per heavy atom. The Morgan fingerprint density at radius 2 is 1.67 bits per heavy atom. The highest BCUT2D eigenvalue weighted by Gasteiger charge is 2.08. The number of rotatable bonds is 7. The number of nitrogens with zero attached hydrogens (tertiary/aromatic N) is 1. The van der Waals surface area contributed by atoms with E-state index < -0.39 is 9.84 Å². The Bertz CT molecular complexity index is 772. The summed E-state index contributed by atoms with van der Waals surface area (Å²) >= 11 is 0. The minimum Gasteiger partial charge on any atom is -0.373 e. The molecule has 2 aromatic rings. The van der Waals surface area contributed by atoms with E-state index in [1.807, 2.05) is 37.4 Å². The number of anilines is 1. The van der Waals surface area contributed by atoms with Gasteiger partial charge < -0.3 is 10.2 Å². The van der Waals surface area contributed by atoms with Crippen LogP contribution in [0, 0.1) is 0 Å². The summed E-state index contributed by atoms with van der Waals surface area (Å²) in [5, 5.41) is 2.87. The third kappa shape index (κ3) is 5.70. The van der Waals surface area contributed by atoms with E-state index in [1.54, 1.807) is 24.3 Å². The van der Waals surface area contributed by atoms with Gasteiger partial charge in [-0.05, 0) is 29.8 Å². The van der Waals surface area contributed by atoms with Gasteiger partial charge in [0.25, 0.3) is 5.91 Å². The lowest BCUT2D eigenvalue weighted by Crippen LogP contribution is -2.32. The fourth-order valence-corrected chi connectivity index (χ4v) is 3.10. The van der Waals surface area contributed by atoms with Crippen LogP contribution >= 0.6 is 0 Å². The summed E-state index contributed by atoms with van der Waals surface area (Å²) in [6, 6.07) is 16.6. The average molecular weight is 346 g/mol. The van der Waals surface area contributed by atoms with Crippen molar-refractivity contribution in [3.8, 4) is 0 Å². The molecule has 2 rings (SSSR count). The van der Waals surface area contributed by atoms with Gasteiger partial charge in [0.1, 0.15) is 0 Å². The largest absolute Gasteiger partial charge is 0.373 e. The minimum absolute atomic E-state index is 0.0171. The second kappa shape index (κ2) is 7.97. The molecular weight excluding hydrogens is 324 g/mol. The van der Waals surface area contributed by atoms with Gasteiger partial charge >= 0.3 is 0 Å². The fourth-order valence-electron chi connectivity index (χ4n) is 2.31. The Balaban J connectivity index is 1.84. The summed E-state index contributed by atoms with van der Waals surface area (Å²) in [6.45, 7) is 1.22. The first kappa shape index (κ1) is 18.0. The molecule has 0 bridgehead atoms. The average Bonchev–Trinajstić information content (AvgIpc) is 2.54. The summed E-state index contributed by atoms with van der Waals surface area (Å²) in [4.78, 5) is 14.2. The number of carbonyl (C=O) groups is 1. The van der Waals surface area contributed by atoms with Crippen LogP contribution in [0.4, 0.5) is 5.69 Å². The smallest absolute Gasteiger partial charge is 0.251 e. The van der Waals surface area contributed by atoms with Gasteiger partial charge in [-0.2, -0.15) is 0 Å². The number of sulfone groups is 1. The van der Waals surface area contributed by atoms with E-state index in [0.29, 0.717) is 24.2 Å². The molecule has 0 aromatic heterocycles. The van der Waals surface area contributed by atoms with Crippen molar-refractivity contribution in [1.82, 2.24) is 5.32 Å². The number of carbonyl (C=O) groups excluding carboxylic acids is 1. The van der Waals surface area contributed by atoms with Crippen LogP contribution in [0.5, 0.6) is 0 Å². The molecule has 0 saturated carbocycles. The number of amides is 1. The van der Waals surface area contributed by atoms with E-state index in [0.717, 1.165) is 5.69 Å². The molecule has 24 heavy (non-hydrogen) atoms. The highest BCUT2D eigenvalue weighted by atomic mass is 32.2. The third-order valence-corrected chi connectivity index (χ3v) is 4.43. The van der Waals surface area contributed by atoms with E-state index in [4.69, 9.17) is 0 Å². The highest BCUT2D eigenvalue weighted by Crippen LogP contribution is 2.10. The van der Waals surface area contributed by atoms with Gasteiger partial charge in [0.05, 0.1) is 5.75 Å². The quantitative estimate of drug-likeness (QED) is 0.834. The summed E-state index contributed by atoms with van der Waals surface area (Å²) in [6.07, 6.45) is 1.19. The van der Waals surface area contributed by atoms with Crippen molar-refractivity contribution in [2.45, 2.75) is 5.75 Å². The number of nitrogens with one attached hydrogen (secondary N) is 1. The Morgan fingerprint density at radius 1 is 1.04 bits per heavy atom. The van der Waals surface area contributed by atoms with E-state index in [1.165, 1.54) is 6.26 Å². The first-order chi connectivity index (χ1) is 11.3. The van der Waals surface area contributed by atoms with Gasteiger partial charge in [-0.15, -0.1) is 0 Å².